The molecule has 0 bridgehead atoms. The Morgan fingerprint density at radius 3 is 2.83 bits per heavy atom. The topological polar surface area (TPSA) is 96.4 Å². The van der Waals surface area contributed by atoms with Crippen molar-refractivity contribution in [3.8, 4) is 5.75 Å². The van der Waals surface area contributed by atoms with E-state index in [0.29, 0.717) is 18.0 Å². The van der Waals surface area contributed by atoms with E-state index < -0.39 is 0 Å². The average molecular weight is 429 g/mol. The maximum atomic E-state index is 12.7. The van der Waals surface area contributed by atoms with Gasteiger partial charge in [0.25, 0.3) is 5.91 Å². The van der Waals surface area contributed by atoms with Crippen LogP contribution in [-0.4, -0.2) is 47.8 Å². The Morgan fingerprint density at radius 1 is 1.30 bits per heavy atom. The number of nitrogens with one attached hydrogen (secondary N) is 2. The van der Waals surface area contributed by atoms with Crippen molar-refractivity contribution < 1.29 is 14.6 Å². The first-order chi connectivity index (χ1) is 14.3. The molecule has 0 aliphatic rings. The molecule has 1 amide bonds. The third-order valence-electron chi connectivity index (χ3n) is 4.93. The van der Waals surface area contributed by atoms with Crippen molar-refractivity contribution in [2.24, 2.45) is 5.41 Å². The molecular formula is C22H28N4O3S. The van der Waals surface area contributed by atoms with Crippen LogP contribution in [0.1, 0.15) is 34.6 Å². The highest BCUT2D eigenvalue weighted by Gasteiger charge is 2.22. The number of aryl methyl sites for hydroxylation is 1. The second-order valence-electron chi connectivity index (χ2n) is 7.99. The van der Waals surface area contributed by atoms with Crippen molar-refractivity contribution >= 4 is 33.3 Å². The summed E-state index contributed by atoms with van der Waals surface area (Å²) in [6.45, 7) is 6.82. The fourth-order valence-electron chi connectivity index (χ4n) is 3.03. The van der Waals surface area contributed by atoms with Crippen LogP contribution in [0.2, 0.25) is 0 Å². The van der Waals surface area contributed by atoms with E-state index in [2.05, 4.69) is 26.7 Å². The van der Waals surface area contributed by atoms with E-state index in [9.17, 15) is 9.90 Å². The number of aliphatic hydroxyl groups excluding tert-OH is 1. The van der Waals surface area contributed by atoms with Crippen LogP contribution in [0.4, 0.5) is 5.82 Å². The zero-order valence-electron chi connectivity index (χ0n) is 17.8. The number of amides is 1. The Kier molecular flexibility index (Phi) is 6.89. The van der Waals surface area contributed by atoms with Crippen molar-refractivity contribution in [2.45, 2.75) is 27.2 Å². The zero-order valence-corrected chi connectivity index (χ0v) is 18.6. The molecule has 0 aliphatic carbocycles. The maximum Gasteiger partial charge on any atom is 0.261 e. The van der Waals surface area contributed by atoms with Gasteiger partial charge in [0.1, 0.15) is 22.7 Å². The van der Waals surface area contributed by atoms with Gasteiger partial charge in [-0.15, -0.1) is 11.3 Å². The molecule has 2 heterocycles. The number of hydrogen-bond donors (Lipinski definition) is 3. The second kappa shape index (κ2) is 9.40. The van der Waals surface area contributed by atoms with Crippen LogP contribution in [0.25, 0.3) is 10.2 Å². The number of fused-ring (bicyclic) bond motifs is 1. The molecule has 8 heteroatoms. The van der Waals surface area contributed by atoms with Gasteiger partial charge in [0, 0.05) is 25.1 Å². The summed E-state index contributed by atoms with van der Waals surface area (Å²) in [6, 6.07) is 7.98. The lowest BCUT2D eigenvalue weighted by atomic mass is 9.95. The second-order valence-corrected chi connectivity index (χ2v) is 8.99. The molecule has 0 saturated heterocycles. The van der Waals surface area contributed by atoms with Gasteiger partial charge in [-0.05, 0) is 36.6 Å². The Hall–Kier alpha value is -2.71. The fraction of sp³-hybridized carbons (Fsp3) is 0.409. The van der Waals surface area contributed by atoms with Gasteiger partial charge in [0.05, 0.1) is 17.4 Å². The predicted molar refractivity (Wildman–Crippen MR) is 121 cm³/mol. The number of rotatable bonds is 9. The molecular weight excluding hydrogens is 400 g/mol. The summed E-state index contributed by atoms with van der Waals surface area (Å²) in [4.78, 5) is 22.9. The van der Waals surface area contributed by atoms with Gasteiger partial charge < -0.3 is 20.5 Å². The van der Waals surface area contributed by atoms with E-state index in [1.807, 2.05) is 39.0 Å². The minimum atomic E-state index is -0.368. The summed E-state index contributed by atoms with van der Waals surface area (Å²) >= 11 is 1.36. The van der Waals surface area contributed by atoms with Crippen molar-refractivity contribution in [3.05, 3.63) is 46.6 Å². The molecule has 0 aliphatic heterocycles. The molecule has 0 unspecified atom stereocenters. The van der Waals surface area contributed by atoms with Gasteiger partial charge in [-0.3, -0.25) is 4.79 Å². The van der Waals surface area contributed by atoms with Crippen molar-refractivity contribution in [3.63, 3.8) is 0 Å². The number of nitrogens with zero attached hydrogens (tertiary/aromatic N) is 2. The molecule has 7 nitrogen and oxygen atoms in total. The Morgan fingerprint density at radius 2 is 2.10 bits per heavy atom. The molecule has 3 rings (SSSR count). The van der Waals surface area contributed by atoms with Crippen LogP contribution in [0.15, 0.2) is 30.6 Å². The third kappa shape index (κ3) is 5.06. The van der Waals surface area contributed by atoms with Crippen LogP contribution in [0.3, 0.4) is 0 Å². The number of carbonyl (C=O) groups is 1. The normalized spacial score (nSPS) is 11.5. The van der Waals surface area contributed by atoms with Gasteiger partial charge in [0.15, 0.2) is 0 Å². The van der Waals surface area contributed by atoms with Crippen LogP contribution in [-0.2, 0) is 6.42 Å². The number of aromatic nitrogens is 2. The number of carbonyl (C=O) groups excluding carboxylic acids is 1. The Bertz CT molecular complexity index is 1030. The highest BCUT2D eigenvalue weighted by molar-refractivity contribution is 7.20. The Labute approximate surface area is 180 Å². The van der Waals surface area contributed by atoms with E-state index >= 15 is 0 Å². The molecule has 160 valence electrons. The van der Waals surface area contributed by atoms with Crippen LogP contribution < -0.4 is 15.4 Å². The van der Waals surface area contributed by atoms with E-state index in [0.717, 1.165) is 33.8 Å². The average Bonchev–Trinajstić information content (AvgIpc) is 3.10. The quantitative estimate of drug-likeness (QED) is 0.483. The van der Waals surface area contributed by atoms with Gasteiger partial charge in [-0.1, -0.05) is 26.0 Å². The molecule has 3 aromatic rings. The molecule has 0 fully saturated rings. The van der Waals surface area contributed by atoms with Gasteiger partial charge in [0.2, 0.25) is 0 Å². The lowest BCUT2D eigenvalue weighted by molar-refractivity contribution is 0.0914. The number of benzene rings is 1. The number of anilines is 1. The first kappa shape index (κ1) is 22.0. The van der Waals surface area contributed by atoms with E-state index in [1.54, 1.807) is 7.11 Å². The van der Waals surface area contributed by atoms with Crippen molar-refractivity contribution in [2.75, 3.05) is 32.1 Å². The van der Waals surface area contributed by atoms with Gasteiger partial charge in [-0.25, -0.2) is 9.97 Å². The van der Waals surface area contributed by atoms with Crippen LogP contribution >= 0.6 is 11.3 Å². The first-order valence-corrected chi connectivity index (χ1v) is 10.7. The molecule has 0 spiro atoms. The molecule has 0 radical (unpaired) electrons. The largest absolute Gasteiger partial charge is 0.497 e. The van der Waals surface area contributed by atoms with E-state index in [-0.39, 0.29) is 17.9 Å². The summed E-state index contributed by atoms with van der Waals surface area (Å²) in [5.41, 5.74) is 1.66. The monoisotopic (exact) mass is 428 g/mol. The number of thiophene rings is 1. The summed E-state index contributed by atoms with van der Waals surface area (Å²) in [6.07, 6.45) is 2.33. The maximum absolute atomic E-state index is 12.7. The van der Waals surface area contributed by atoms with Gasteiger partial charge in [-0.2, -0.15) is 0 Å². The summed E-state index contributed by atoms with van der Waals surface area (Å²) in [5, 5.41) is 16.6. The number of methoxy groups -OCH3 is 1. The zero-order chi connectivity index (χ0) is 21.7. The summed E-state index contributed by atoms with van der Waals surface area (Å²) < 4.78 is 5.27. The predicted octanol–water partition coefficient (Wildman–Crippen LogP) is 3.41. The Balaban J connectivity index is 1.74. The lowest BCUT2D eigenvalue weighted by Gasteiger charge is -2.21. The molecule has 1 aromatic carbocycles. The SMILES string of the molecule is COc1cccc(CCNc2ncnc3sc(C(=O)NCC(C)(C)CO)c(C)c23)c1. The number of hydrogen-bond acceptors (Lipinski definition) is 7. The summed E-state index contributed by atoms with van der Waals surface area (Å²) in [7, 11) is 1.66. The smallest absolute Gasteiger partial charge is 0.261 e. The van der Waals surface area contributed by atoms with Crippen LogP contribution in [0.5, 0.6) is 5.75 Å². The van der Waals surface area contributed by atoms with Gasteiger partial charge >= 0.3 is 0 Å². The minimum absolute atomic E-state index is 0.00547. The summed E-state index contributed by atoms with van der Waals surface area (Å²) in [5.74, 6) is 1.41. The highest BCUT2D eigenvalue weighted by atomic mass is 32.1. The fourth-order valence-corrected chi connectivity index (χ4v) is 4.10. The molecule has 30 heavy (non-hydrogen) atoms. The first-order valence-electron chi connectivity index (χ1n) is 9.84. The molecule has 2 aromatic heterocycles. The molecule has 0 atom stereocenters. The lowest BCUT2D eigenvalue weighted by Crippen LogP contribution is -2.35. The van der Waals surface area contributed by atoms with E-state index in [4.69, 9.17) is 4.74 Å². The van der Waals surface area contributed by atoms with Crippen molar-refractivity contribution in [1.29, 1.82) is 0 Å². The van der Waals surface area contributed by atoms with E-state index in [1.165, 1.54) is 23.2 Å². The van der Waals surface area contributed by atoms with Crippen molar-refractivity contribution in [1.82, 2.24) is 15.3 Å². The third-order valence-corrected chi connectivity index (χ3v) is 6.13. The molecule has 0 saturated carbocycles. The molecule has 3 N–H and O–H groups in total. The highest BCUT2D eigenvalue weighted by Crippen LogP contribution is 2.33. The minimum Gasteiger partial charge on any atom is -0.497 e. The van der Waals surface area contributed by atoms with Crippen LogP contribution in [0, 0.1) is 12.3 Å². The number of aliphatic hydroxyl groups is 1. The number of ether oxygens (including phenoxy) is 1. The standard InChI is InChI=1S/C22H28N4O3S/c1-14-17-19(23-9-8-15-6-5-7-16(10-15)29-4)25-13-26-21(17)30-18(14)20(28)24-11-22(2,3)12-27/h5-7,10,13,27H,8-9,11-12H2,1-4H3,(H,24,28)(H,23,25,26).